The fourth-order valence-electron chi connectivity index (χ4n) is 2.70. The fourth-order valence-corrected chi connectivity index (χ4v) is 5.76. The van der Waals surface area contributed by atoms with Crippen LogP contribution in [0.2, 0.25) is 0 Å². The lowest BCUT2D eigenvalue weighted by atomic mass is 9.99. The molecule has 0 saturated carbocycles. The molecule has 0 fully saturated rings. The van der Waals surface area contributed by atoms with E-state index in [2.05, 4.69) is 20.7 Å². The summed E-state index contributed by atoms with van der Waals surface area (Å²) in [5, 5.41) is 0. The summed E-state index contributed by atoms with van der Waals surface area (Å²) >= 11 is 4.44. The van der Waals surface area contributed by atoms with Crippen molar-refractivity contribution in [3.8, 4) is 0 Å². The number of amides is 1. The Hall–Kier alpha value is -1.38. The van der Waals surface area contributed by atoms with E-state index in [4.69, 9.17) is 0 Å². The summed E-state index contributed by atoms with van der Waals surface area (Å²) in [4.78, 5) is 13.7. The van der Waals surface area contributed by atoms with Gasteiger partial charge in [0.1, 0.15) is 4.21 Å². The molecule has 2 aromatic rings. The highest BCUT2D eigenvalue weighted by atomic mass is 79.9. The first-order valence-electron chi connectivity index (χ1n) is 7.57. The summed E-state index contributed by atoms with van der Waals surface area (Å²) in [5.41, 5.74) is 2.68. The zero-order chi connectivity index (χ0) is 17.3. The van der Waals surface area contributed by atoms with Crippen molar-refractivity contribution in [2.24, 2.45) is 0 Å². The zero-order valence-corrected chi connectivity index (χ0v) is 16.3. The number of nitrogens with zero attached hydrogens (tertiary/aromatic N) is 1. The van der Waals surface area contributed by atoms with Gasteiger partial charge in [-0.2, -0.15) is 0 Å². The van der Waals surface area contributed by atoms with Crippen LogP contribution in [-0.2, 0) is 27.8 Å². The number of thiophene rings is 1. The lowest BCUT2D eigenvalue weighted by Crippen LogP contribution is -2.35. The van der Waals surface area contributed by atoms with E-state index in [1.165, 1.54) is 0 Å². The molecular formula is C16H17BrN2O3S2. The van der Waals surface area contributed by atoms with Gasteiger partial charge in [-0.05, 0) is 57.7 Å². The normalized spacial score (nSPS) is 14.3. The largest absolute Gasteiger partial charge is 0.338 e. The molecule has 5 nitrogen and oxygen atoms in total. The van der Waals surface area contributed by atoms with E-state index in [-0.39, 0.29) is 10.1 Å². The van der Waals surface area contributed by atoms with Crippen molar-refractivity contribution in [3.05, 3.63) is 45.2 Å². The average molecular weight is 429 g/mol. The molecule has 0 spiro atoms. The van der Waals surface area contributed by atoms with Crippen LogP contribution in [0, 0.1) is 0 Å². The molecule has 24 heavy (non-hydrogen) atoms. The standard InChI is InChI=1S/C16H17BrN2O3S2/c1-2-15(20)19-8-7-11-3-4-13(9-12(11)10-19)18-24(21,22)16-6-5-14(17)23-16/h3-6,9,18H,2,7-8,10H2,1H3. The van der Waals surface area contributed by atoms with Gasteiger partial charge in [-0.15, -0.1) is 11.3 Å². The van der Waals surface area contributed by atoms with Crippen molar-refractivity contribution < 1.29 is 13.2 Å². The fraction of sp³-hybridized carbons (Fsp3) is 0.312. The van der Waals surface area contributed by atoms with E-state index in [1.54, 1.807) is 18.2 Å². The molecule has 1 aliphatic heterocycles. The Kier molecular flexibility index (Phi) is 4.98. The van der Waals surface area contributed by atoms with Crippen LogP contribution in [0.4, 0.5) is 5.69 Å². The molecule has 1 aromatic carbocycles. The summed E-state index contributed by atoms with van der Waals surface area (Å²) in [5.74, 6) is 0.120. The van der Waals surface area contributed by atoms with Crippen LogP contribution < -0.4 is 4.72 Å². The molecule has 0 unspecified atom stereocenters. The highest BCUT2D eigenvalue weighted by molar-refractivity contribution is 9.11. The molecule has 8 heteroatoms. The minimum Gasteiger partial charge on any atom is -0.338 e. The van der Waals surface area contributed by atoms with E-state index in [0.29, 0.717) is 25.2 Å². The third-order valence-electron chi connectivity index (χ3n) is 3.94. The molecule has 0 radical (unpaired) electrons. The highest BCUT2D eigenvalue weighted by Gasteiger charge is 2.21. The zero-order valence-electron chi connectivity index (χ0n) is 13.1. The quantitative estimate of drug-likeness (QED) is 0.808. The molecule has 128 valence electrons. The van der Waals surface area contributed by atoms with Gasteiger partial charge in [0.05, 0.1) is 3.79 Å². The van der Waals surface area contributed by atoms with Gasteiger partial charge in [-0.25, -0.2) is 8.42 Å². The van der Waals surface area contributed by atoms with Gasteiger partial charge in [0, 0.05) is 25.2 Å². The Balaban J connectivity index is 1.83. The number of hydrogen-bond acceptors (Lipinski definition) is 4. The number of anilines is 1. The monoisotopic (exact) mass is 428 g/mol. The lowest BCUT2D eigenvalue weighted by Gasteiger charge is -2.29. The Morgan fingerprint density at radius 3 is 2.75 bits per heavy atom. The van der Waals surface area contributed by atoms with E-state index >= 15 is 0 Å². The summed E-state index contributed by atoms with van der Waals surface area (Å²) in [6.07, 6.45) is 1.28. The van der Waals surface area contributed by atoms with Crippen molar-refractivity contribution in [2.45, 2.75) is 30.5 Å². The minimum atomic E-state index is -3.60. The molecule has 0 aliphatic carbocycles. The molecule has 0 atom stereocenters. The number of halogens is 1. The number of rotatable bonds is 4. The number of sulfonamides is 1. The second-order valence-electron chi connectivity index (χ2n) is 5.57. The summed E-state index contributed by atoms with van der Waals surface area (Å²) in [6, 6.07) is 8.81. The smallest absolute Gasteiger partial charge is 0.271 e. The maximum Gasteiger partial charge on any atom is 0.271 e. The predicted molar refractivity (Wildman–Crippen MR) is 98.7 cm³/mol. The van der Waals surface area contributed by atoms with Gasteiger partial charge in [-0.3, -0.25) is 9.52 Å². The van der Waals surface area contributed by atoms with Crippen LogP contribution in [0.25, 0.3) is 0 Å². The Labute approximate surface area is 153 Å². The van der Waals surface area contributed by atoms with E-state index in [1.807, 2.05) is 24.0 Å². The minimum absolute atomic E-state index is 0.120. The second-order valence-corrected chi connectivity index (χ2v) is 9.94. The maximum atomic E-state index is 12.4. The van der Waals surface area contributed by atoms with Gasteiger partial charge in [0.15, 0.2) is 0 Å². The Morgan fingerprint density at radius 2 is 2.08 bits per heavy atom. The maximum absolute atomic E-state index is 12.4. The summed E-state index contributed by atoms with van der Waals surface area (Å²) in [7, 11) is -3.60. The lowest BCUT2D eigenvalue weighted by molar-refractivity contribution is -0.131. The number of benzene rings is 1. The topological polar surface area (TPSA) is 66.5 Å². The Bertz CT molecular complexity index is 877. The van der Waals surface area contributed by atoms with E-state index in [0.717, 1.165) is 32.7 Å². The van der Waals surface area contributed by atoms with Crippen LogP contribution in [0.3, 0.4) is 0 Å². The van der Waals surface area contributed by atoms with Crippen LogP contribution in [0.15, 0.2) is 38.3 Å². The van der Waals surface area contributed by atoms with Gasteiger partial charge in [0.25, 0.3) is 10.0 Å². The molecule has 0 bridgehead atoms. The molecule has 1 amide bonds. The Morgan fingerprint density at radius 1 is 1.29 bits per heavy atom. The number of nitrogens with one attached hydrogen (secondary N) is 1. The SMILES string of the molecule is CCC(=O)N1CCc2ccc(NS(=O)(=O)c3ccc(Br)s3)cc2C1. The number of hydrogen-bond donors (Lipinski definition) is 1. The van der Waals surface area contributed by atoms with Crippen molar-refractivity contribution in [1.29, 1.82) is 0 Å². The third-order valence-corrected chi connectivity index (χ3v) is 7.44. The molecule has 1 N–H and O–H groups in total. The van der Waals surface area contributed by atoms with Crippen LogP contribution in [-0.4, -0.2) is 25.8 Å². The van der Waals surface area contributed by atoms with Crippen LogP contribution in [0.1, 0.15) is 24.5 Å². The average Bonchev–Trinajstić information content (AvgIpc) is 3.00. The van der Waals surface area contributed by atoms with Crippen molar-refractivity contribution in [3.63, 3.8) is 0 Å². The molecule has 3 rings (SSSR count). The van der Waals surface area contributed by atoms with Crippen molar-refractivity contribution in [1.82, 2.24) is 4.90 Å². The first-order valence-corrected chi connectivity index (χ1v) is 10.7. The highest BCUT2D eigenvalue weighted by Crippen LogP contribution is 2.29. The summed E-state index contributed by atoms with van der Waals surface area (Å²) < 4.78 is 28.5. The van der Waals surface area contributed by atoms with Gasteiger partial charge >= 0.3 is 0 Å². The van der Waals surface area contributed by atoms with Crippen molar-refractivity contribution in [2.75, 3.05) is 11.3 Å². The molecule has 1 aromatic heterocycles. The number of carbonyl (C=O) groups is 1. The first kappa shape index (κ1) is 17.4. The first-order chi connectivity index (χ1) is 11.4. The molecule has 0 saturated heterocycles. The van der Waals surface area contributed by atoms with Crippen molar-refractivity contribution >= 4 is 48.9 Å². The van der Waals surface area contributed by atoms with Gasteiger partial charge in [-0.1, -0.05) is 13.0 Å². The summed E-state index contributed by atoms with van der Waals surface area (Å²) in [6.45, 7) is 3.09. The second kappa shape index (κ2) is 6.85. The molecular weight excluding hydrogens is 412 g/mol. The van der Waals surface area contributed by atoms with Gasteiger partial charge in [0.2, 0.25) is 5.91 Å². The molecule has 2 heterocycles. The number of carbonyl (C=O) groups excluding carboxylic acids is 1. The predicted octanol–water partition coefficient (Wildman–Crippen LogP) is 3.61. The van der Waals surface area contributed by atoms with E-state index < -0.39 is 10.0 Å². The van der Waals surface area contributed by atoms with Gasteiger partial charge < -0.3 is 4.90 Å². The number of fused-ring (bicyclic) bond motifs is 1. The van der Waals surface area contributed by atoms with Crippen LogP contribution >= 0.6 is 27.3 Å². The van der Waals surface area contributed by atoms with Crippen LogP contribution in [0.5, 0.6) is 0 Å². The van der Waals surface area contributed by atoms with E-state index in [9.17, 15) is 13.2 Å². The molecule has 1 aliphatic rings. The third kappa shape index (κ3) is 3.65.